The SMILES string of the molecule is COC(=O)C1CC(=O)N(CC(C)c2nc(C)cs2)C1. The second-order valence-electron chi connectivity index (χ2n) is 4.95. The van der Waals surface area contributed by atoms with Gasteiger partial charge in [0.25, 0.3) is 0 Å². The molecule has 104 valence electrons. The zero-order chi connectivity index (χ0) is 14.0. The number of likely N-dealkylation sites (tertiary alicyclic amines) is 1. The number of methoxy groups -OCH3 is 1. The minimum atomic E-state index is -0.317. The number of aromatic nitrogens is 1. The molecule has 1 fully saturated rings. The van der Waals surface area contributed by atoms with Crippen molar-refractivity contribution in [3.05, 3.63) is 16.1 Å². The molecular weight excluding hydrogens is 264 g/mol. The van der Waals surface area contributed by atoms with Gasteiger partial charge >= 0.3 is 5.97 Å². The van der Waals surface area contributed by atoms with E-state index in [0.717, 1.165) is 10.7 Å². The predicted octanol–water partition coefficient (Wildman–Crippen LogP) is 1.58. The van der Waals surface area contributed by atoms with Gasteiger partial charge in [0.15, 0.2) is 0 Å². The van der Waals surface area contributed by atoms with Crippen molar-refractivity contribution in [2.45, 2.75) is 26.2 Å². The molecule has 1 aliphatic heterocycles. The molecule has 0 saturated carbocycles. The lowest BCUT2D eigenvalue weighted by atomic mass is 10.1. The first-order valence-electron chi connectivity index (χ1n) is 6.29. The zero-order valence-corrected chi connectivity index (χ0v) is 12.2. The first-order valence-corrected chi connectivity index (χ1v) is 7.17. The van der Waals surface area contributed by atoms with E-state index in [0.29, 0.717) is 13.1 Å². The minimum absolute atomic E-state index is 0.0236. The van der Waals surface area contributed by atoms with Crippen LogP contribution in [0.4, 0.5) is 0 Å². The third-order valence-corrected chi connectivity index (χ3v) is 4.50. The van der Waals surface area contributed by atoms with Crippen molar-refractivity contribution in [3.63, 3.8) is 0 Å². The summed E-state index contributed by atoms with van der Waals surface area (Å²) in [5.74, 6) is -0.397. The zero-order valence-electron chi connectivity index (χ0n) is 11.4. The largest absolute Gasteiger partial charge is 0.469 e. The standard InChI is InChI=1S/C13H18N2O3S/c1-8(12-14-9(2)7-19-12)5-15-6-10(4-11(15)16)13(17)18-3/h7-8,10H,4-6H2,1-3H3. The van der Waals surface area contributed by atoms with Gasteiger partial charge in [0.2, 0.25) is 5.91 Å². The van der Waals surface area contributed by atoms with Crippen molar-refractivity contribution in [1.29, 1.82) is 0 Å². The molecule has 0 radical (unpaired) electrons. The van der Waals surface area contributed by atoms with Crippen molar-refractivity contribution in [3.8, 4) is 0 Å². The summed E-state index contributed by atoms with van der Waals surface area (Å²) in [6, 6.07) is 0. The van der Waals surface area contributed by atoms with E-state index in [1.807, 2.05) is 12.3 Å². The molecule has 2 heterocycles. The van der Waals surface area contributed by atoms with Gasteiger partial charge in [-0.3, -0.25) is 9.59 Å². The van der Waals surface area contributed by atoms with Gasteiger partial charge in [-0.15, -0.1) is 11.3 Å². The number of rotatable bonds is 4. The van der Waals surface area contributed by atoms with Gasteiger partial charge in [-0.05, 0) is 6.92 Å². The van der Waals surface area contributed by atoms with Crippen LogP contribution in [0.1, 0.15) is 30.0 Å². The number of aryl methyl sites for hydroxylation is 1. The number of esters is 1. The molecule has 1 saturated heterocycles. The number of amides is 1. The summed E-state index contributed by atoms with van der Waals surface area (Å²) in [6.45, 7) is 5.08. The van der Waals surface area contributed by atoms with Gasteiger partial charge in [0.1, 0.15) is 0 Å². The number of ether oxygens (including phenoxy) is 1. The summed E-state index contributed by atoms with van der Waals surface area (Å²) >= 11 is 1.61. The minimum Gasteiger partial charge on any atom is -0.469 e. The molecule has 1 aliphatic rings. The number of thiazole rings is 1. The summed E-state index contributed by atoms with van der Waals surface area (Å²) in [5.41, 5.74) is 1.01. The molecule has 1 aromatic rings. The topological polar surface area (TPSA) is 59.5 Å². The molecule has 1 aromatic heterocycles. The number of carbonyl (C=O) groups excluding carboxylic acids is 2. The molecule has 5 nitrogen and oxygen atoms in total. The van der Waals surface area contributed by atoms with Crippen LogP contribution in [0.25, 0.3) is 0 Å². The average molecular weight is 282 g/mol. The van der Waals surface area contributed by atoms with Gasteiger partial charge in [0.05, 0.1) is 18.0 Å². The molecule has 0 N–H and O–H groups in total. The van der Waals surface area contributed by atoms with Gasteiger partial charge in [-0.2, -0.15) is 0 Å². The molecule has 19 heavy (non-hydrogen) atoms. The smallest absolute Gasteiger partial charge is 0.310 e. The second kappa shape index (κ2) is 5.69. The van der Waals surface area contributed by atoms with Crippen LogP contribution < -0.4 is 0 Å². The number of carbonyl (C=O) groups is 2. The van der Waals surface area contributed by atoms with Crippen LogP contribution in [0.15, 0.2) is 5.38 Å². The van der Waals surface area contributed by atoms with Crippen molar-refractivity contribution >= 4 is 23.2 Å². The summed E-state index contributed by atoms with van der Waals surface area (Å²) in [6.07, 6.45) is 0.260. The highest BCUT2D eigenvalue weighted by Crippen LogP contribution is 2.25. The van der Waals surface area contributed by atoms with Crippen molar-refractivity contribution in [2.75, 3.05) is 20.2 Å². The van der Waals surface area contributed by atoms with Crippen LogP contribution in [0.5, 0.6) is 0 Å². The molecular formula is C13H18N2O3S. The highest BCUT2D eigenvalue weighted by Gasteiger charge is 2.35. The number of hydrogen-bond donors (Lipinski definition) is 0. The maximum absolute atomic E-state index is 11.9. The van der Waals surface area contributed by atoms with E-state index in [1.165, 1.54) is 7.11 Å². The lowest BCUT2D eigenvalue weighted by Gasteiger charge is -2.19. The van der Waals surface area contributed by atoms with E-state index >= 15 is 0 Å². The van der Waals surface area contributed by atoms with Crippen molar-refractivity contribution in [1.82, 2.24) is 9.88 Å². The Kier molecular flexibility index (Phi) is 4.19. The Morgan fingerprint density at radius 2 is 2.42 bits per heavy atom. The van der Waals surface area contributed by atoms with Crippen LogP contribution in [-0.2, 0) is 14.3 Å². The molecule has 0 aliphatic carbocycles. The van der Waals surface area contributed by atoms with Gasteiger partial charge in [0, 0.05) is 36.5 Å². The van der Waals surface area contributed by atoms with E-state index in [9.17, 15) is 9.59 Å². The van der Waals surface area contributed by atoms with Crippen molar-refractivity contribution in [2.24, 2.45) is 5.92 Å². The summed E-state index contributed by atoms with van der Waals surface area (Å²) in [5, 5.41) is 3.04. The second-order valence-corrected chi connectivity index (χ2v) is 5.84. The quantitative estimate of drug-likeness (QED) is 0.787. The highest BCUT2D eigenvalue weighted by molar-refractivity contribution is 7.09. The Bertz CT molecular complexity index is 486. The van der Waals surface area contributed by atoms with Crippen LogP contribution in [0.2, 0.25) is 0 Å². The molecule has 2 unspecified atom stereocenters. The summed E-state index contributed by atoms with van der Waals surface area (Å²) in [7, 11) is 1.36. The Balaban J connectivity index is 1.96. The normalized spacial score (nSPS) is 20.7. The fourth-order valence-electron chi connectivity index (χ4n) is 2.28. The van der Waals surface area contributed by atoms with Crippen LogP contribution in [0, 0.1) is 12.8 Å². The molecule has 2 atom stereocenters. The van der Waals surface area contributed by atoms with Crippen LogP contribution in [0.3, 0.4) is 0 Å². The van der Waals surface area contributed by atoms with E-state index < -0.39 is 0 Å². The Labute approximate surface area is 116 Å². The van der Waals surface area contributed by atoms with E-state index in [4.69, 9.17) is 4.74 Å². The fraction of sp³-hybridized carbons (Fsp3) is 0.615. The third kappa shape index (κ3) is 3.12. The van der Waals surface area contributed by atoms with Crippen molar-refractivity contribution < 1.29 is 14.3 Å². The maximum Gasteiger partial charge on any atom is 0.310 e. The molecule has 2 rings (SSSR count). The van der Waals surface area contributed by atoms with Crippen LogP contribution >= 0.6 is 11.3 Å². The van der Waals surface area contributed by atoms with E-state index in [2.05, 4.69) is 11.9 Å². The van der Waals surface area contributed by atoms with E-state index in [-0.39, 0.29) is 30.1 Å². The predicted molar refractivity (Wildman–Crippen MR) is 72.0 cm³/mol. The first kappa shape index (κ1) is 14.0. The van der Waals surface area contributed by atoms with E-state index in [1.54, 1.807) is 16.2 Å². The first-order chi connectivity index (χ1) is 9.01. The molecule has 0 bridgehead atoms. The maximum atomic E-state index is 11.9. The monoisotopic (exact) mass is 282 g/mol. The third-order valence-electron chi connectivity index (χ3n) is 3.30. The van der Waals surface area contributed by atoms with Crippen LogP contribution in [-0.4, -0.2) is 42.0 Å². The van der Waals surface area contributed by atoms with Gasteiger partial charge in [-0.1, -0.05) is 6.92 Å². The fourth-order valence-corrected chi connectivity index (χ4v) is 3.13. The summed E-state index contributed by atoms with van der Waals surface area (Å²) < 4.78 is 4.70. The number of hydrogen-bond acceptors (Lipinski definition) is 5. The Morgan fingerprint density at radius 3 is 3.00 bits per heavy atom. The molecule has 6 heteroatoms. The van der Waals surface area contributed by atoms with Gasteiger partial charge < -0.3 is 9.64 Å². The average Bonchev–Trinajstić information content (AvgIpc) is 2.96. The number of nitrogens with zero attached hydrogens (tertiary/aromatic N) is 2. The molecule has 0 aromatic carbocycles. The Hall–Kier alpha value is -1.43. The van der Waals surface area contributed by atoms with Gasteiger partial charge in [-0.25, -0.2) is 4.98 Å². The summed E-state index contributed by atoms with van der Waals surface area (Å²) in [4.78, 5) is 29.5. The Morgan fingerprint density at radius 1 is 1.68 bits per heavy atom. The highest BCUT2D eigenvalue weighted by atomic mass is 32.1. The molecule has 0 spiro atoms. The molecule has 1 amide bonds. The lowest BCUT2D eigenvalue weighted by molar-refractivity contribution is -0.145. The lowest BCUT2D eigenvalue weighted by Crippen LogP contribution is -2.30.